The van der Waals surface area contributed by atoms with Crippen molar-refractivity contribution < 1.29 is 54.1 Å². The largest absolute Gasteiger partial charge is 0.481 e. The van der Waals surface area contributed by atoms with Crippen LogP contribution in [-0.4, -0.2) is 58.6 Å². The van der Waals surface area contributed by atoms with Crippen LogP contribution in [0.1, 0.15) is 12.8 Å². The first-order valence-corrected chi connectivity index (χ1v) is 5.52. The average Bonchev–Trinajstić information content (AvgIpc) is 1.95. The van der Waals surface area contributed by atoms with Gasteiger partial charge in [-0.3, -0.25) is 9.59 Å². The van der Waals surface area contributed by atoms with Crippen molar-refractivity contribution in [3.8, 4) is 0 Å². The second-order valence-corrected chi connectivity index (χ2v) is 4.02. The standard InChI is InChI=1S/C6H8O7.2H3N.H3O4P/c7-3(8)1-6(13,5(11)12)2-4(9)10;;;1-5(2,3)4/h13H,1-2H2,(H,7,8)(H,9,10)(H,11,12);2*1H3;(H3,1,2,3,4). The normalized spacial score (nSPS) is 10.0. The molecule has 13 nitrogen and oxygen atoms in total. The highest BCUT2D eigenvalue weighted by molar-refractivity contribution is 7.45. The Morgan fingerprint density at radius 2 is 1.05 bits per heavy atom. The zero-order chi connectivity index (χ0) is 15.1. The van der Waals surface area contributed by atoms with Crippen molar-refractivity contribution >= 4 is 25.7 Å². The molecule has 0 aliphatic carbocycles. The van der Waals surface area contributed by atoms with Crippen LogP contribution >= 0.6 is 7.82 Å². The average molecular weight is 324 g/mol. The zero-order valence-corrected chi connectivity index (χ0v) is 10.9. The lowest BCUT2D eigenvalue weighted by Gasteiger charge is -2.18. The van der Waals surface area contributed by atoms with Crippen molar-refractivity contribution in [1.29, 1.82) is 0 Å². The molecule has 0 radical (unpaired) electrons. The van der Waals surface area contributed by atoms with E-state index in [0.29, 0.717) is 0 Å². The number of carboxylic acid groups (broad SMARTS) is 3. The maximum absolute atomic E-state index is 10.3. The monoisotopic (exact) mass is 324 g/mol. The van der Waals surface area contributed by atoms with Gasteiger partial charge in [-0.15, -0.1) is 0 Å². The minimum atomic E-state index is -4.64. The summed E-state index contributed by atoms with van der Waals surface area (Å²) in [6.45, 7) is 0. The first-order valence-electron chi connectivity index (χ1n) is 3.95. The number of aliphatic carboxylic acids is 3. The van der Waals surface area contributed by atoms with Crippen molar-refractivity contribution in [3.05, 3.63) is 0 Å². The van der Waals surface area contributed by atoms with E-state index >= 15 is 0 Å². The van der Waals surface area contributed by atoms with E-state index in [9.17, 15) is 14.4 Å². The van der Waals surface area contributed by atoms with Crippen LogP contribution in [0.25, 0.3) is 0 Å². The lowest BCUT2D eigenvalue weighted by atomic mass is 9.96. The third-order valence-electron chi connectivity index (χ3n) is 1.29. The molecule has 0 saturated carbocycles. The van der Waals surface area contributed by atoms with Gasteiger partial charge in [0, 0.05) is 0 Å². The zero-order valence-electron chi connectivity index (χ0n) is 10.0. The Balaban J connectivity index is -0.000000158. The van der Waals surface area contributed by atoms with Gasteiger partial charge in [-0.2, -0.15) is 0 Å². The van der Waals surface area contributed by atoms with Crippen molar-refractivity contribution in [1.82, 2.24) is 12.3 Å². The van der Waals surface area contributed by atoms with Crippen LogP contribution < -0.4 is 12.3 Å². The van der Waals surface area contributed by atoms with E-state index < -0.39 is 44.2 Å². The van der Waals surface area contributed by atoms with Crippen LogP contribution in [-0.2, 0) is 18.9 Å². The SMILES string of the molecule is N.N.O=C(O)CC(O)(CC(=O)O)C(=O)O.O=P(O)(O)O. The summed E-state index contributed by atoms with van der Waals surface area (Å²) in [6.07, 6.45) is -2.29. The highest BCUT2D eigenvalue weighted by Crippen LogP contribution is 2.25. The molecule has 0 aliphatic heterocycles. The van der Waals surface area contributed by atoms with Crippen LogP contribution in [0, 0.1) is 0 Å². The lowest BCUT2D eigenvalue weighted by molar-refractivity contribution is -0.170. The van der Waals surface area contributed by atoms with Crippen molar-refractivity contribution in [2.75, 3.05) is 0 Å². The maximum Gasteiger partial charge on any atom is 0.466 e. The molecule has 0 rings (SSSR count). The molecule has 0 atom stereocenters. The minimum Gasteiger partial charge on any atom is -0.481 e. The molecule has 0 amide bonds. The Morgan fingerprint density at radius 3 is 1.15 bits per heavy atom. The van der Waals surface area contributed by atoms with Gasteiger partial charge in [0.1, 0.15) is 0 Å². The Labute approximate surface area is 111 Å². The van der Waals surface area contributed by atoms with E-state index in [1.165, 1.54) is 0 Å². The van der Waals surface area contributed by atoms with E-state index in [0.717, 1.165) is 0 Å². The first-order chi connectivity index (χ1) is 7.78. The van der Waals surface area contributed by atoms with Gasteiger partial charge in [-0.25, -0.2) is 9.36 Å². The highest BCUT2D eigenvalue weighted by atomic mass is 31.2. The van der Waals surface area contributed by atoms with E-state index in [4.69, 9.17) is 39.7 Å². The molecule has 0 aromatic carbocycles. The molecule has 0 aromatic heterocycles. The molecule has 0 bridgehead atoms. The third-order valence-corrected chi connectivity index (χ3v) is 1.29. The smallest absolute Gasteiger partial charge is 0.466 e. The van der Waals surface area contributed by atoms with Crippen LogP contribution in [0.3, 0.4) is 0 Å². The quantitative estimate of drug-likeness (QED) is 0.251. The molecule has 14 heteroatoms. The molecular formula is C6H17N2O11P. The van der Waals surface area contributed by atoms with Crippen molar-refractivity contribution in [3.63, 3.8) is 0 Å². The molecule has 0 aliphatic rings. The van der Waals surface area contributed by atoms with Gasteiger partial charge in [0.25, 0.3) is 0 Å². The molecule has 122 valence electrons. The summed E-state index contributed by atoms with van der Waals surface area (Å²) in [5, 5.41) is 33.8. The molecule has 0 fully saturated rings. The van der Waals surface area contributed by atoms with Gasteiger partial charge in [-0.05, 0) is 0 Å². The minimum absolute atomic E-state index is 0. The Kier molecular flexibility index (Phi) is 13.7. The highest BCUT2D eigenvalue weighted by Gasteiger charge is 2.40. The molecule has 20 heavy (non-hydrogen) atoms. The first kappa shape index (κ1) is 26.9. The Morgan fingerprint density at radius 1 is 0.850 bits per heavy atom. The molecule has 0 saturated heterocycles. The van der Waals surface area contributed by atoms with E-state index in [1.807, 2.05) is 0 Å². The Hall–Kier alpha value is -1.60. The molecule has 0 unspecified atom stereocenters. The number of phosphoric acid groups is 1. The third kappa shape index (κ3) is 18.8. The van der Waals surface area contributed by atoms with Crippen molar-refractivity contribution in [2.24, 2.45) is 0 Å². The molecule has 0 spiro atoms. The van der Waals surface area contributed by atoms with Gasteiger partial charge < -0.3 is 47.4 Å². The fourth-order valence-electron chi connectivity index (χ4n) is 0.714. The fourth-order valence-corrected chi connectivity index (χ4v) is 0.714. The predicted octanol–water partition coefficient (Wildman–Crippen LogP) is -1.85. The fraction of sp³-hybridized carbons (Fsp3) is 0.500. The Bertz CT molecular complexity index is 353. The molecule has 13 N–H and O–H groups in total. The van der Waals surface area contributed by atoms with E-state index in [-0.39, 0.29) is 12.3 Å². The summed E-state index contributed by atoms with van der Waals surface area (Å²) in [5.74, 6) is -5.02. The summed E-state index contributed by atoms with van der Waals surface area (Å²) in [4.78, 5) is 52.0. The number of rotatable bonds is 5. The van der Waals surface area contributed by atoms with Gasteiger partial charge in [0.2, 0.25) is 0 Å². The van der Waals surface area contributed by atoms with Gasteiger partial charge >= 0.3 is 25.7 Å². The number of carboxylic acids is 3. The summed E-state index contributed by atoms with van der Waals surface area (Å²) < 4.78 is 8.88. The van der Waals surface area contributed by atoms with Crippen LogP contribution in [0.15, 0.2) is 0 Å². The van der Waals surface area contributed by atoms with E-state index in [1.54, 1.807) is 0 Å². The van der Waals surface area contributed by atoms with Gasteiger partial charge in [0.05, 0.1) is 12.8 Å². The molecule has 0 heterocycles. The predicted molar refractivity (Wildman–Crippen MR) is 61.4 cm³/mol. The lowest BCUT2D eigenvalue weighted by Crippen LogP contribution is -2.42. The topological polar surface area (TPSA) is 280 Å². The van der Waals surface area contributed by atoms with E-state index in [2.05, 4.69) is 0 Å². The second-order valence-electron chi connectivity index (χ2n) is 2.99. The van der Waals surface area contributed by atoms with Gasteiger partial charge in [-0.1, -0.05) is 0 Å². The van der Waals surface area contributed by atoms with Crippen LogP contribution in [0.2, 0.25) is 0 Å². The molecular weight excluding hydrogens is 307 g/mol. The number of aliphatic hydroxyl groups is 1. The van der Waals surface area contributed by atoms with Crippen LogP contribution in [0.4, 0.5) is 0 Å². The number of hydrogen-bond donors (Lipinski definition) is 9. The summed E-state index contributed by atoms with van der Waals surface area (Å²) in [6, 6.07) is 0. The summed E-state index contributed by atoms with van der Waals surface area (Å²) in [7, 11) is -4.64. The van der Waals surface area contributed by atoms with Crippen molar-refractivity contribution in [2.45, 2.75) is 18.4 Å². The maximum atomic E-state index is 10.3. The number of hydrogen-bond acceptors (Lipinski definition) is 7. The van der Waals surface area contributed by atoms with Crippen LogP contribution in [0.5, 0.6) is 0 Å². The second kappa shape index (κ2) is 10.2. The van der Waals surface area contributed by atoms with Gasteiger partial charge in [0.15, 0.2) is 5.60 Å². The molecule has 0 aromatic rings. The summed E-state index contributed by atoms with van der Waals surface area (Å²) in [5.41, 5.74) is -2.74. The summed E-state index contributed by atoms with van der Waals surface area (Å²) >= 11 is 0. The number of carbonyl (C=O) groups is 3.